The lowest BCUT2D eigenvalue weighted by molar-refractivity contribution is 0.00578. The van der Waals surface area contributed by atoms with Crippen LogP contribution in [0.1, 0.15) is 62.3 Å². The predicted octanol–water partition coefficient (Wildman–Crippen LogP) is 4.41. The summed E-state index contributed by atoms with van der Waals surface area (Å²) in [5, 5.41) is 2.38. The Balaban J connectivity index is 1.61. The number of aromatic nitrogens is 1. The molecule has 0 saturated carbocycles. The summed E-state index contributed by atoms with van der Waals surface area (Å²) in [5.74, 6) is 0. The second-order valence-electron chi connectivity index (χ2n) is 11.5. The smallest absolute Gasteiger partial charge is 0.399 e. The Bertz CT molecular complexity index is 1120. The minimum Gasteiger partial charge on any atom is -0.399 e. The summed E-state index contributed by atoms with van der Waals surface area (Å²) >= 11 is 0. The van der Waals surface area contributed by atoms with Crippen molar-refractivity contribution >= 4 is 47.0 Å². The molecule has 2 saturated heterocycles. The molecule has 0 radical (unpaired) electrons. The monoisotopic (exact) mass is 447 g/mol. The van der Waals surface area contributed by atoms with Crippen molar-refractivity contribution in [1.29, 1.82) is 0 Å². The van der Waals surface area contributed by atoms with Crippen LogP contribution in [0.2, 0.25) is 0 Å². The van der Waals surface area contributed by atoms with Crippen LogP contribution in [0.4, 0.5) is 0 Å². The maximum absolute atomic E-state index is 6.33. The lowest BCUT2D eigenvalue weighted by atomic mass is 9.77. The summed E-state index contributed by atoms with van der Waals surface area (Å²) in [7, 11) is -0.767. The molecule has 3 aromatic rings. The molecule has 0 atom stereocenters. The first-order valence-electron chi connectivity index (χ1n) is 12.0. The van der Waals surface area contributed by atoms with Crippen molar-refractivity contribution in [2.24, 2.45) is 0 Å². The van der Waals surface area contributed by atoms with Gasteiger partial charge in [-0.05, 0) is 85.4 Å². The summed E-state index contributed by atoms with van der Waals surface area (Å²) in [4.78, 5) is 0. The van der Waals surface area contributed by atoms with E-state index < -0.39 is 0 Å². The van der Waals surface area contributed by atoms with Gasteiger partial charge in [-0.2, -0.15) is 0 Å². The molecule has 5 nitrogen and oxygen atoms in total. The van der Waals surface area contributed by atoms with Gasteiger partial charge in [0, 0.05) is 28.4 Å². The molecule has 2 aliphatic heterocycles. The summed E-state index contributed by atoms with van der Waals surface area (Å²) in [6.07, 6.45) is 0. The van der Waals surface area contributed by atoms with Crippen molar-refractivity contribution in [2.45, 2.75) is 91.3 Å². The van der Waals surface area contributed by atoms with E-state index in [0.717, 1.165) is 17.5 Å². The topological polar surface area (TPSA) is 41.9 Å². The molecule has 0 bridgehead atoms. The van der Waals surface area contributed by atoms with Crippen LogP contribution in [0.5, 0.6) is 0 Å². The molecule has 33 heavy (non-hydrogen) atoms. The minimum absolute atomic E-state index is 0.367. The first-order chi connectivity index (χ1) is 15.3. The molecule has 0 spiro atoms. The average Bonchev–Trinajstić information content (AvgIpc) is 3.24. The van der Waals surface area contributed by atoms with Gasteiger partial charge in [0.2, 0.25) is 0 Å². The molecule has 2 aromatic carbocycles. The highest BCUT2D eigenvalue weighted by Gasteiger charge is 2.52. The average molecular weight is 447 g/mol. The second kappa shape index (κ2) is 7.11. The zero-order valence-corrected chi connectivity index (χ0v) is 21.4. The quantitative estimate of drug-likeness (QED) is 0.558. The third kappa shape index (κ3) is 3.39. The highest BCUT2D eigenvalue weighted by molar-refractivity contribution is 6.63. The van der Waals surface area contributed by atoms with Crippen LogP contribution in [0.25, 0.3) is 21.8 Å². The van der Waals surface area contributed by atoms with E-state index in [1.165, 1.54) is 21.8 Å². The van der Waals surface area contributed by atoms with Gasteiger partial charge >= 0.3 is 14.2 Å². The zero-order valence-electron chi connectivity index (χ0n) is 21.4. The molecule has 174 valence electrons. The summed E-state index contributed by atoms with van der Waals surface area (Å²) in [5.41, 5.74) is 3.02. The van der Waals surface area contributed by atoms with Gasteiger partial charge in [0.1, 0.15) is 0 Å². The van der Waals surface area contributed by atoms with Crippen LogP contribution < -0.4 is 10.9 Å². The molecule has 3 heterocycles. The Kier molecular flexibility index (Phi) is 4.95. The van der Waals surface area contributed by atoms with Gasteiger partial charge < -0.3 is 23.2 Å². The first kappa shape index (κ1) is 23.0. The summed E-state index contributed by atoms with van der Waals surface area (Å²) in [6.45, 7) is 19.8. The fourth-order valence-corrected chi connectivity index (χ4v) is 4.73. The maximum atomic E-state index is 6.33. The van der Waals surface area contributed by atoms with Crippen molar-refractivity contribution in [3.8, 4) is 0 Å². The van der Waals surface area contributed by atoms with Crippen LogP contribution >= 0.6 is 0 Å². The molecule has 0 amide bonds. The molecular formula is C26H35B2NO4. The van der Waals surface area contributed by atoms with E-state index in [1.54, 1.807) is 0 Å². The first-order valence-corrected chi connectivity index (χ1v) is 12.0. The molecule has 1 aromatic heterocycles. The van der Waals surface area contributed by atoms with Gasteiger partial charge in [-0.3, -0.25) is 0 Å². The van der Waals surface area contributed by atoms with E-state index >= 15 is 0 Å². The van der Waals surface area contributed by atoms with E-state index in [-0.39, 0.29) is 36.6 Å². The third-order valence-electron chi connectivity index (χ3n) is 8.28. The number of hydrogen-bond donors (Lipinski definition) is 0. The molecule has 0 aliphatic carbocycles. The molecule has 0 N–H and O–H groups in total. The summed E-state index contributed by atoms with van der Waals surface area (Å²) in [6, 6.07) is 13.1. The molecule has 5 rings (SSSR count). The number of benzene rings is 2. The SMILES string of the molecule is CCn1c2ccc(B3OC(C)(C)C(C)(C)O3)cc2c2cc(B3OC(C)(C)C(C)(C)O3)ccc21. The van der Waals surface area contributed by atoms with Crippen LogP contribution in [-0.2, 0) is 25.2 Å². The highest BCUT2D eigenvalue weighted by Crippen LogP contribution is 2.38. The van der Waals surface area contributed by atoms with Crippen LogP contribution in [0.15, 0.2) is 36.4 Å². The number of fused-ring (bicyclic) bond motifs is 3. The zero-order chi connectivity index (χ0) is 24.0. The summed E-state index contributed by atoms with van der Waals surface area (Å²) < 4.78 is 27.7. The van der Waals surface area contributed by atoms with Crippen molar-refractivity contribution < 1.29 is 18.6 Å². The van der Waals surface area contributed by atoms with Gasteiger partial charge in [-0.25, -0.2) is 0 Å². The Morgan fingerprint density at radius 2 is 0.939 bits per heavy atom. The lowest BCUT2D eigenvalue weighted by Crippen LogP contribution is -2.41. The third-order valence-corrected chi connectivity index (χ3v) is 8.28. The molecule has 2 aliphatic rings. The fraction of sp³-hybridized carbons (Fsp3) is 0.538. The Hall–Kier alpha value is -1.79. The number of aryl methyl sites for hydroxylation is 1. The van der Waals surface area contributed by atoms with E-state index in [4.69, 9.17) is 18.6 Å². The predicted molar refractivity (Wildman–Crippen MR) is 137 cm³/mol. The van der Waals surface area contributed by atoms with Crippen molar-refractivity contribution in [2.75, 3.05) is 0 Å². The maximum Gasteiger partial charge on any atom is 0.494 e. The second-order valence-corrected chi connectivity index (χ2v) is 11.5. The Labute approximate surface area is 198 Å². The normalized spacial score (nSPS) is 23.2. The van der Waals surface area contributed by atoms with Gasteiger partial charge in [-0.15, -0.1) is 0 Å². The highest BCUT2D eigenvalue weighted by atomic mass is 16.7. The number of rotatable bonds is 3. The minimum atomic E-state index is -0.384. The van der Waals surface area contributed by atoms with E-state index in [9.17, 15) is 0 Å². The molecule has 2 fully saturated rings. The Morgan fingerprint density at radius 1 is 0.606 bits per heavy atom. The van der Waals surface area contributed by atoms with Crippen molar-refractivity contribution in [3.05, 3.63) is 36.4 Å². The van der Waals surface area contributed by atoms with Gasteiger partial charge in [0.05, 0.1) is 22.4 Å². The van der Waals surface area contributed by atoms with Crippen molar-refractivity contribution in [3.63, 3.8) is 0 Å². The lowest BCUT2D eigenvalue weighted by Gasteiger charge is -2.32. The van der Waals surface area contributed by atoms with E-state index in [1.807, 2.05) is 0 Å². The Morgan fingerprint density at radius 3 is 1.24 bits per heavy atom. The van der Waals surface area contributed by atoms with Gasteiger partial charge in [0.25, 0.3) is 0 Å². The van der Waals surface area contributed by atoms with Gasteiger partial charge in [0.15, 0.2) is 0 Å². The van der Waals surface area contributed by atoms with E-state index in [2.05, 4.69) is 103 Å². The van der Waals surface area contributed by atoms with Crippen LogP contribution in [-0.4, -0.2) is 41.2 Å². The molecule has 7 heteroatoms. The van der Waals surface area contributed by atoms with Crippen LogP contribution in [0, 0.1) is 0 Å². The number of hydrogen-bond acceptors (Lipinski definition) is 4. The van der Waals surface area contributed by atoms with Crippen LogP contribution in [0.3, 0.4) is 0 Å². The van der Waals surface area contributed by atoms with E-state index in [0.29, 0.717) is 0 Å². The molecule has 0 unspecified atom stereocenters. The number of nitrogens with zero attached hydrogens (tertiary/aromatic N) is 1. The van der Waals surface area contributed by atoms with Crippen molar-refractivity contribution in [1.82, 2.24) is 4.57 Å². The fourth-order valence-electron chi connectivity index (χ4n) is 4.73. The van der Waals surface area contributed by atoms with Gasteiger partial charge in [-0.1, -0.05) is 24.3 Å². The standard InChI is InChI=1S/C26H35B2NO4/c1-10-29-21-13-11-17(27-30-23(2,3)24(4,5)31-27)15-19(21)20-16-18(12-14-22(20)29)28-32-25(6,7)26(8,9)33-28/h11-16H,10H2,1-9H3. The molecular weight excluding hydrogens is 412 g/mol. The largest absolute Gasteiger partial charge is 0.494 e.